The number of carbonyl (C=O) groups is 1. The lowest BCUT2D eigenvalue weighted by atomic mass is 10.2. The van der Waals surface area contributed by atoms with Crippen LogP contribution in [0, 0.1) is 6.92 Å². The van der Waals surface area contributed by atoms with Crippen LogP contribution in [0.25, 0.3) is 0 Å². The molecule has 1 amide bonds. The van der Waals surface area contributed by atoms with Crippen molar-refractivity contribution < 1.29 is 14.3 Å². The van der Waals surface area contributed by atoms with Crippen molar-refractivity contribution in [1.82, 2.24) is 5.32 Å². The van der Waals surface area contributed by atoms with E-state index < -0.39 is 6.10 Å². The van der Waals surface area contributed by atoms with Crippen LogP contribution in [0.1, 0.15) is 18.9 Å². The molecule has 0 heterocycles. The first kappa shape index (κ1) is 16.9. The van der Waals surface area contributed by atoms with Gasteiger partial charge in [-0.15, -0.1) is 0 Å². The van der Waals surface area contributed by atoms with Crippen LogP contribution < -0.4 is 14.8 Å². The fraction of sp³-hybridized carbons (Fsp3) is 0.316. The SMILES string of the molecule is CC[C@@H](Oc1cccc(C)c1)C(=O)NCCOc1ccccc1. The molecule has 1 atom stereocenters. The monoisotopic (exact) mass is 313 g/mol. The maximum absolute atomic E-state index is 12.2. The number of aryl methyl sites for hydroxylation is 1. The largest absolute Gasteiger partial charge is 0.492 e. The zero-order valence-electron chi connectivity index (χ0n) is 13.6. The van der Waals surface area contributed by atoms with Gasteiger partial charge in [-0.2, -0.15) is 0 Å². The zero-order chi connectivity index (χ0) is 16.5. The predicted octanol–water partition coefficient (Wildman–Crippen LogP) is 3.35. The Bertz CT molecular complexity index is 613. The van der Waals surface area contributed by atoms with Crippen LogP contribution in [0.5, 0.6) is 11.5 Å². The van der Waals surface area contributed by atoms with Gasteiger partial charge >= 0.3 is 0 Å². The molecule has 0 aliphatic carbocycles. The number of carbonyl (C=O) groups excluding carboxylic acids is 1. The zero-order valence-corrected chi connectivity index (χ0v) is 13.6. The van der Waals surface area contributed by atoms with Gasteiger partial charge in [0.1, 0.15) is 18.1 Å². The highest BCUT2D eigenvalue weighted by atomic mass is 16.5. The van der Waals surface area contributed by atoms with E-state index in [0.29, 0.717) is 25.3 Å². The van der Waals surface area contributed by atoms with E-state index in [1.165, 1.54) is 0 Å². The average Bonchev–Trinajstić information content (AvgIpc) is 2.57. The lowest BCUT2D eigenvalue weighted by Gasteiger charge is -2.17. The van der Waals surface area contributed by atoms with Gasteiger partial charge in [-0.1, -0.05) is 37.3 Å². The van der Waals surface area contributed by atoms with E-state index in [-0.39, 0.29) is 5.91 Å². The molecular weight excluding hydrogens is 290 g/mol. The van der Waals surface area contributed by atoms with Crippen LogP contribution in [0.4, 0.5) is 0 Å². The molecule has 0 aliphatic rings. The highest BCUT2D eigenvalue weighted by Gasteiger charge is 2.17. The van der Waals surface area contributed by atoms with Crippen molar-refractivity contribution in [2.75, 3.05) is 13.2 Å². The van der Waals surface area contributed by atoms with Crippen LogP contribution in [0.15, 0.2) is 54.6 Å². The summed E-state index contributed by atoms with van der Waals surface area (Å²) >= 11 is 0. The smallest absolute Gasteiger partial charge is 0.261 e. The Balaban J connectivity index is 1.76. The molecule has 0 fully saturated rings. The Morgan fingerprint density at radius 3 is 2.52 bits per heavy atom. The van der Waals surface area contributed by atoms with Crippen LogP contribution in [0.2, 0.25) is 0 Å². The van der Waals surface area contributed by atoms with Gasteiger partial charge in [-0.25, -0.2) is 0 Å². The van der Waals surface area contributed by atoms with Crippen molar-refractivity contribution in [1.29, 1.82) is 0 Å². The molecule has 23 heavy (non-hydrogen) atoms. The van der Waals surface area contributed by atoms with E-state index in [2.05, 4.69) is 5.32 Å². The molecular formula is C19H23NO3. The number of para-hydroxylation sites is 1. The van der Waals surface area contributed by atoms with E-state index >= 15 is 0 Å². The molecule has 0 unspecified atom stereocenters. The van der Waals surface area contributed by atoms with E-state index in [4.69, 9.17) is 9.47 Å². The summed E-state index contributed by atoms with van der Waals surface area (Å²) in [6.45, 7) is 4.80. The van der Waals surface area contributed by atoms with Crippen molar-refractivity contribution in [2.24, 2.45) is 0 Å². The second kappa shape index (κ2) is 8.83. The van der Waals surface area contributed by atoms with Crippen molar-refractivity contribution in [3.05, 3.63) is 60.2 Å². The van der Waals surface area contributed by atoms with Gasteiger partial charge < -0.3 is 14.8 Å². The number of benzene rings is 2. The molecule has 0 saturated heterocycles. The first-order chi connectivity index (χ1) is 11.2. The quantitative estimate of drug-likeness (QED) is 0.760. The Morgan fingerprint density at radius 2 is 1.83 bits per heavy atom. The minimum Gasteiger partial charge on any atom is -0.492 e. The van der Waals surface area contributed by atoms with Crippen molar-refractivity contribution in [2.45, 2.75) is 26.4 Å². The van der Waals surface area contributed by atoms with E-state index in [9.17, 15) is 4.79 Å². The molecule has 2 aromatic carbocycles. The highest BCUT2D eigenvalue weighted by Crippen LogP contribution is 2.15. The Morgan fingerprint density at radius 1 is 1.09 bits per heavy atom. The standard InChI is InChI=1S/C19H23NO3/c1-3-18(23-17-11-7-8-15(2)14-17)19(21)20-12-13-22-16-9-5-4-6-10-16/h4-11,14,18H,3,12-13H2,1-2H3,(H,20,21)/t18-/m1/s1. The van der Waals surface area contributed by atoms with E-state index in [0.717, 1.165) is 11.3 Å². The van der Waals surface area contributed by atoms with Gasteiger partial charge in [0.05, 0.1) is 6.54 Å². The summed E-state index contributed by atoms with van der Waals surface area (Å²) in [4.78, 5) is 12.2. The second-order valence-corrected chi connectivity index (χ2v) is 5.28. The molecule has 122 valence electrons. The average molecular weight is 313 g/mol. The Kier molecular flexibility index (Phi) is 6.48. The molecule has 0 bridgehead atoms. The summed E-state index contributed by atoms with van der Waals surface area (Å²) in [6, 6.07) is 17.2. The summed E-state index contributed by atoms with van der Waals surface area (Å²) in [6.07, 6.45) is 0.118. The number of ether oxygens (including phenoxy) is 2. The third-order valence-corrected chi connectivity index (χ3v) is 3.34. The number of amides is 1. The van der Waals surface area contributed by atoms with Gasteiger partial charge in [0, 0.05) is 0 Å². The van der Waals surface area contributed by atoms with Crippen molar-refractivity contribution in [3.8, 4) is 11.5 Å². The third kappa shape index (κ3) is 5.66. The molecule has 2 rings (SSSR count). The molecule has 1 N–H and O–H groups in total. The predicted molar refractivity (Wildman–Crippen MR) is 90.8 cm³/mol. The maximum Gasteiger partial charge on any atom is 0.261 e. The van der Waals surface area contributed by atoms with E-state index in [1.54, 1.807) is 0 Å². The Hall–Kier alpha value is -2.49. The topological polar surface area (TPSA) is 47.6 Å². The summed E-state index contributed by atoms with van der Waals surface area (Å²) in [7, 11) is 0. The van der Waals surface area contributed by atoms with Crippen molar-refractivity contribution in [3.63, 3.8) is 0 Å². The minimum atomic E-state index is -0.492. The molecule has 2 aromatic rings. The van der Waals surface area contributed by atoms with Crippen molar-refractivity contribution >= 4 is 5.91 Å². The number of hydrogen-bond acceptors (Lipinski definition) is 3. The third-order valence-electron chi connectivity index (χ3n) is 3.34. The normalized spacial score (nSPS) is 11.6. The molecule has 0 radical (unpaired) electrons. The summed E-state index contributed by atoms with van der Waals surface area (Å²) in [5.74, 6) is 1.39. The molecule has 0 spiro atoms. The van der Waals surface area contributed by atoms with Gasteiger partial charge in [0.25, 0.3) is 5.91 Å². The number of hydrogen-bond donors (Lipinski definition) is 1. The fourth-order valence-corrected chi connectivity index (χ4v) is 2.15. The van der Waals surface area contributed by atoms with Gasteiger partial charge in [-0.05, 0) is 43.2 Å². The molecule has 4 heteroatoms. The van der Waals surface area contributed by atoms with E-state index in [1.807, 2.05) is 68.4 Å². The van der Waals surface area contributed by atoms with Crippen LogP contribution in [-0.4, -0.2) is 25.2 Å². The number of nitrogens with one attached hydrogen (secondary N) is 1. The first-order valence-electron chi connectivity index (χ1n) is 7.88. The van der Waals surface area contributed by atoms with Gasteiger partial charge in [0.15, 0.2) is 6.10 Å². The van der Waals surface area contributed by atoms with Gasteiger partial charge in [-0.3, -0.25) is 4.79 Å². The number of rotatable bonds is 8. The summed E-state index contributed by atoms with van der Waals surface area (Å²) in [5.41, 5.74) is 1.11. The summed E-state index contributed by atoms with van der Waals surface area (Å²) in [5, 5.41) is 2.85. The van der Waals surface area contributed by atoms with Gasteiger partial charge in [0.2, 0.25) is 0 Å². The van der Waals surface area contributed by atoms with Crippen LogP contribution in [0.3, 0.4) is 0 Å². The molecule has 0 aromatic heterocycles. The molecule has 0 aliphatic heterocycles. The molecule has 4 nitrogen and oxygen atoms in total. The lowest BCUT2D eigenvalue weighted by molar-refractivity contribution is -0.128. The maximum atomic E-state index is 12.2. The van der Waals surface area contributed by atoms with Crippen LogP contribution in [-0.2, 0) is 4.79 Å². The Labute approximate surface area is 137 Å². The molecule has 0 saturated carbocycles. The first-order valence-corrected chi connectivity index (χ1v) is 7.88. The minimum absolute atomic E-state index is 0.120. The fourth-order valence-electron chi connectivity index (χ4n) is 2.15. The highest BCUT2D eigenvalue weighted by molar-refractivity contribution is 5.81. The second-order valence-electron chi connectivity index (χ2n) is 5.28. The van der Waals surface area contributed by atoms with Crippen LogP contribution >= 0.6 is 0 Å². The lowest BCUT2D eigenvalue weighted by Crippen LogP contribution is -2.39. The summed E-state index contributed by atoms with van der Waals surface area (Å²) < 4.78 is 11.3.